The number of likely N-dealkylation sites (tertiary alicyclic amines) is 1. The Hall–Kier alpha value is -2.89. The van der Waals surface area contributed by atoms with Gasteiger partial charge < -0.3 is 4.74 Å². The molecule has 1 fully saturated rings. The molecule has 186 valence electrons. The van der Waals surface area contributed by atoms with Gasteiger partial charge in [0.05, 0.1) is 5.56 Å². The standard InChI is InChI=1S/C22H20F8N2O2/c23-17-7-6-16(10-18(17)24)31-20(33)34-19(22(28,29)30)12-32-8-2-4-14(11-32)13-3-1-5-15(9-13)21(25,26)27/h1,3,5-7,9-10,14,19H,2,4,8,11-12H2,(H,31,33)/t14-,19?/m1/s1. The van der Waals surface area contributed by atoms with Crippen molar-refractivity contribution in [1.82, 2.24) is 4.90 Å². The molecule has 34 heavy (non-hydrogen) atoms. The Kier molecular flexibility index (Phi) is 7.69. The van der Waals surface area contributed by atoms with Gasteiger partial charge in [-0.15, -0.1) is 0 Å². The molecule has 1 aliphatic rings. The molecule has 1 saturated heterocycles. The smallest absolute Gasteiger partial charge is 0.426 e. The quantitative estimate of drug-likeness (QED) is 0.491. The molecule has 0 bridgehead atoms. The fourth-order valence-corrected chi connectivity index (χ4v) is 3.75. The summed E-state index contributed by atoms with van der Waals surface area (Å²) in [6, 6.07) is 6.88. The molecular formula is C22H20F8N2O2. The summed E-state index contributed by atoms with van der Waals surface area (Å²) in [6.07, 6.45) is -12.6. The summed E-state index contributed by atoms with van der Waals surface area (Å²) in [7, 11) is 0. The third-order valence-corrected chi connectivity index (χ3v) is 5.40. The highest BCUT2D eigenvalue weighted by atomic mass is 19.4. The summed E-state index contributed by atoms with van der Waals surface area (Å²) in [5.74, 6) is -2.94. The second-order valence-corrected chi connectivity index (χ2v) is 7.91. The van der Waals surface area contributed by atoms with E-state index >= 15 is 0 Å². The maximum atomic E-state index is 13.5. The summed E-state index contributed by atoms with van der Waals surface area (Å²) in [5, 5.41) is 1.91. The molecule has 1 heterocycles. The van der Waals surface area contributed by atoms with Gasteiger partial charge >= 0.3 is 18.4 Å². The van der Waals surface area contributed by atoms with Crippen molar-refractivity contribution in [3.63, 3.8) is 0 Å². The van der Waals surface area contributed by atoms with Gasteiger partial charge in [0.2, 0.25) is 6.10 Å². The van der Waals surface area contributed by atoms with Gasteiger partial charge in [-0.3, -0.25) is 10.2 Å². The van der Waals surface area contributed by atoms with Crippen LogP contribution in [0.15, 0.2) is 42.5 Å². The molecule has 2 aromatic carbocycles. The predicted molar refractivity (Wildman–Crippen MR) is 106 cm³/mol. The van der Waals surface area contributed by atoms with Crippen LogP contribution in [0.2, 0.25) is 0 Å². The molecule has 0 spiro atoms. The number of piperidine rings is 1. The van der Waals surface area contributed by atoms with Gasteiger partial charge in [0.25, 0.3) is 0 Å². The first kappa shape index (κ1) is 25.7. The minimum Gasteiger partial charge on any atom is -0.435 e. The van der Waals surface area contributed by atoms with Crippen LogP contribution in [0.1, 0.15) is 29.9 Å². The lowest BCUT2D eigenvalue weighted by Crippen LogP contribution is -2.47. The molecule has 0 saturated carbocycles. The van der Waals surface area contributed by atoms with E-state index in [1.165, 1.54) is 17.0 Å². The van der Waals surface area contributed by atoms with E-state index in [1.54, 1.807) is 0 Å². The number of alkyl halides is 6. The maximum absolute atomic E-state index is 13.5. The first-order valence-corrected chi connectivity index (χ1v) is 10.2. The fourth-order valence-electron chi connectivity index (χ4n) is 3.75. The van der Waals surface area contributed by atoms with Crippen LogP contribution in [-0.2, 0) is 10.9 Å². The van der Waals surface area contributed by atoms with Crippen molar-refractivity contribution in [3.8, 4) is 0 Å². The first-order valence-electron chi connectivity index (χ1n) is 10.2. The number of nitrogens with one attached hydrogen (secondary N) is 1. The van der Waals surface area contributed by atoms with E-state index in [0.717, 1.165) is 18.2 Å². The monoisotopic (exact) mass is 496 g/mol. The Bertz CT molecular complexity index is 1010. The lowest BCUT2D eigenvalue weighted by Gasteiger charge is -2.35. The minimum absolute atomic E-state index is 0.0437. The Balaban J connectivity index is 1.66. The molecule has 1 unspecified atom stereocenters. The number of halogens is 8. The molecule has 0 aromatic heterocycles. The van der Waals surface area contributed by atoms with Crippen molar-refractivity contribution in [3.05, 3.63) is 65.2 Å². The van der Waals surface area contributed by atoms with Gasteiger partial charge in [0.15, 0.2) is 11.6 Å². The predicted octanol–water partition coefficient (Wildman–Crippen LogP) is 6.34. The first-order chi connectivity index (χ1) is 15.8. The summed E-state index contributed by atoms with van der Waals surface area (Å²) in [4.78, 5) is 13.3. The third kappa shape index (κ3) is 6.81. The SMILES string of the molecule is O=C(Nc1ccc(F)c(F)c1)OC(CN1CCC[C@@H](c2cccc(C(F)(F)F)c2)C1)C(F)(F)F. The van der Waals surface area contributed by atoms with E-state index in [0.29, 0.717) is 30.5 Å². The molecule has 2 atom stereocenters. The van der Waals surface area contributed by atoms with Crippen LogP contribution in [0.25, 0.3) is 0 Å². The molecule has 0 radical (unpaired) electrons. The van der Waals surface area contributed by atoms with Crippen LogP contribution in [0, 0.1) is 11.6 Å². The fraction of sp³-hybridized carbons (Fsp3) is 0.409. The number of hydrogen-bond acceptors (Lipinski definition) is 3. The van der Waals surface area contributed by atoms with E-state index in [4.69, 9.17) is 0 Å². The lowest BCUT2D eigenvalue weighted by atomic mass is 9.89. The van der Waals surface area contributed by atoms with Crippen LogP contribution >= 0.6 is 0 Å². The number of hydrogen-bond donors (Lipinski definition) is 1. The van der Waals surface area contributed by atoms with Crippen molar-refractivity contribution in [2.24, 2.45) is 0 Å². The van der Waals surface area contributed by atoms with E-state index in [-0.39, 0.29) is 18.8 Å². The Morgan fingerprint density at radius 2 is 1.79 bits per heavy atom. The number of carbonyl (C=O) groups excluding carboxylic acids is 1. The number of anilines is 1. The average Bonchev–Trinajstić information content (AvgIpc) is 2.75. The molecule has 1 N–H and O–H groups in total. The molecule has 12 heteroatoms. The molecule has 4 nitrogen and oxygen atoms in total. The number of ether oxygens (including phenoxy) is 1. The number of carbonyl (C=O) groups is 1. The zero-order valence-electron chi connectivity index (χ0n) is 17.5. The van der Waals surface area contributed by atoms with E-state index in [1.807, 2.05) is 5.32 Å². The third-order valence-electron chi connectivity index (χ3n) is 5.40. The maximum Gasteiger partial charge on any atom is 0.426 e. The highest BCUT2D eigenvalue weighted by Gasteiger charge is 2.44. The highest BCUT2D eigenvalue weighted by Crippen LogP contribution is 2.34. The second-order valence-electron chi connectivity index (χ2n) is 7.91. The van der Waals surface area contributed by atoms with Crippen LogP contribution in [-0.4, -0.2) is 42.9 Å². The summed E-state index contributed by atoms with van der Waals surface area (Å²) >= 11 is 0. The van der Waals surface area contributed by atoms with Gasteiger partial charge in [-0.25, -0.2) is 13.6 Å². The van der Waals surface area contributed by atoms with E-state index in [2.05, 4.69) is 4.74 Å². The van der Waals surface area contributed by atoms with Gasteiger partial charge in [-0.2, -0.15) is 26.3 Å². The number of nitrogens with zero attached hydrogens (tertiary/aromatic N) is 1. The van der Waals surface area contributed by atoms with Gasteiger partial charge in [0.1, 0.15) is 0 Å². The van der Waals surface area contributed by atoms with Gasteiger partial charge in [0, 0.05) is 24.8 Å². The Morgan fingerprint density at radius 3 is 2.44 bits per heavy atom. The summed E-state index contributed by atoms with van der Waals surface area (Å²) in [5.41, 5.74) is -0.778. The molecule has 0 aliphatic carbocycles. The molecular weight excluding hydrogens is 476 g/mol. The van der Waals surface area contributed by atoms with Crippen molar-refractivity contribution in [1.29, 1.82) is 0 Å². The van der Waals surface area contributed by atoms with Crippen LogP contribution in [0.5, 0.6) is 0 Å². The molecule has 1 amide bonds. The van der Waals surface area contributed by atoms with Crippen LogP contribution in [0.4, 0.5) is 45.6 Å². The molecule has 2 aromatic rings. The summed E-state index contributed by atoms with van der Waals surface area (Å²) < 4.78 is 110. The Morgan fingerprint density at radius 1 is 1.06 bits per heavy atom. The normalized spacial score (nSPS) is 18.4. The van der Waals surface area contributed by atoms with E-state index in [9.17, 15) is 39.9 Å². The van der Waals surface area contributed by atoms with Crippen molar-refractivity contribution in [2.75, 3.05) is 25.0 Å². The average molecular weight is 496 g/mol. The zero-order valence-corrected chi connectivity index (χ0v) is 17.5. The largest absolute Gasteiger partial charge is 0.435 e. The van der Waals surface area contributed by atoms with Crippen LogP contribution in [0.3, 0.4) is 0 Å². The van der Waals surface area contributed by atoms with Gasteiger partial charge in [-0.1, -0.05) is 18.2 Å². The second kappa shape index (κ2) is 10.2. The highest BCUT2D eigenvalue weighted by molar-refractivity contribution is 5.84. The lowest BCUT2D eigenvalue weighted by molar-refractivity contribution is -0.207. The van der Waals surface area contributed by atoms with Gasteiger partial charge in [-0.05, 0) is 49.1 Å². The van der Waals surface area contributed by atoms with Crippen LogP contribution < -0.4 is 5.32 Å². The minimum atomic E-state index is -4.94. The van der Waals surface area contributed by atoms with Crippen molar-refractivity contribution in [2.45, 2.75) is 37.2 Å². The molecule has 3 rings (SSSR count). The Labute approximate surface area is 189 Å². The molecule has 1 aliphatic heterocycles. The topological polar surface area (TPSA) is 41.6 Å². The zero-order chi connectivity index (χ0) is 25.1. The summed E-state index contributed by atoms with van der Waals surface area (Å²) in [6.45, 7) is -0.456. The number of benzene rings is 2. The van der Waals surface area contributed by atoms with Crippen molar-refractivity contribution < 1.29 is 44.7 Å². The van der Waals surface area contributed by atoms with E-state index < -0.39 is 54.2 Å². The number of rotatable bonds is 5. The van der Waals surface area contributed by atoms with Crippen molar-refractivity contribution >= 4 is 11.8 Å². The number of amides is 1.